The van der Waals surface area contributed by atoms with Crippen LogP contribution in [-0.2, 0) is 25.8 Å². The van der Waals surface area contributed by atoms with Gasteiger partial charge in [0, 0.05) is 0 Å². The van der Waals surface area contributed by atoms with Gasteiger partial charge in [-0.2, -0.15) is 0 Å². The Morgan fingerprint density at radius 2 is 2.38 bits per heavy atom. The molecule has 0 heterocycles. The quantitative estimate of drug-likeness (QED) is 0.415. The number of hydrogen-bond donors (Lipinski definition) is 0. The monoisotopic (exact) mass is 232 g/mol. The van der Waals surface area contributed by atoms with Crippen LogP contribution in [0.15, 0.2) is 0 Å². The summed E-state index contributed by atoms with van der Waals surface area (Å²) >= 11 is -0.816. The summed E-state index contributed by atoms with van der Waals surface area (Å²) < 4.78 is 5.03. The number of carbonyl (C=O) groups is 1. The zero-order valence-corrected chi connectivity index (χ0v) is 9.60. The van der Waals surface area contributed by atoms with Crippen LogP contribution in [0.25, 0.3) is 0 Å². The van der Waals surface area contributed by atoms with Crippen LogP contribution in [0, 0.1) is 0 Å². The number of hydrogen-bond acceptors (Lipinski definition) is 2. The SMILES string of the molecule is Br.CC[O][Zn][CH2]C=O. The molecule has 0 saturated heterocycles. The van der Waals surface area contributed by atoms with E-state index in [4.69, 9.17) is 3.56 Å². The van der Waals surface area contributed by atoms with Crippen molar-refractivity contribution < 1.29 is 25.8 Å². The fraction of sp³-hybridized carbons (Fsp3) is 0.750. The molecule has 0 aliphatic heterocycles. The minimum atomic E-state index is -0.816. The predicted molar refractivity (Wildman–Crippen MR) is 32.8 cm³/mol. The summed E-state index contributed by atoms with van der Waals surface area (Å²) in [5.74, 6) is 0. The zero-order valence-electron chi connectivity index (χ0n) is 4.92. The topological polar surface area (TPSA) is 26.3 Å². The van der Waals surface area contributed by atoms with Crippen LogP contribution >= 0.6 is 17.0 Å². The molecular weight excluding hydrogens is 225 g/mol. The predicted octanol–water partition coefficient (Wildman–Crippen LogP) is 1.22. The van der Waals surface area contributed by atoms with Crippen molar-refractivity contribution in [2.45, 2.75) is 11.9 Å². The molecule has 0 aliphatic rings. The van der Waals surface area contributed by atoms with Gasteiger partial charge >= 0.3 is 50.7 Å². The molecule has 0 rings (SSSR count). The average molecular weight is 234 g/mol. The molecule has 0 spiro atoms. The molecule has 0 fully saturated rings. The molecular formula is C4H9BrO2Zn. The van der Waals surface area contributed by atoms with Gasteiger partial charge in [0.2, 0.25) is 0 Å². The molecule has 46 valence electrons. The van der Waals surface area contributed by atoms with Gasteiger partial charge in [0.25, 0.3) is 0 Å². The maximum absolute atomic E-state index is 9.65. The van der Waals surface area contributed by atoms with Crippen molar-refractivity contribution in [3.63, 3.8) is 0 Å². The number of carbonyl (C=O) groups excluding carboxylic acids is 1. The van der Waals surface area contributed by atoms with E-state index in [1.807, 2.05) is 6.92 Å². The second kappa shape index (κ2) is 10.7. The Hall–Kier alpha value is 0.733. The summed E-state index contributed by atoms with van der Waals surface area (Å²) in [5, 5.41) is 0.709. The van der Waals surface area contributed by atoms with Crippen LogP contribution in [0.4, 0.5) is 0 Å². The van der Waals surface area contributed by atoms with Crippen molar-refractivity contribution in [1.82, 2.24) is 0 Å². The average Bonchev–Trinajstić information content (AvgIpc) is 1.69. The van der Waals surface area contributed by atoms with E-state index >= 15 is 0 Å². The first-order valence-electron chi connectivity index (χ1n) is 2.43. The van der Waals surface area contributed by atoms with Crippen molar-refractivity contribution in [2.75, 3.05) is 6.61 Å². The molecule has 0 aromatic rings. The molecule has 0 bridgehead atoms. The molecule has 0 radical (unpaired) electrons. The summed E-state index contributed by atoms with van der Waals surface area (Å²) in [6, 6.07) is 0. The van der Waals surface area contributed by atoms with Gasteiger partial charge in [0.1, 0.15) is 0 Å². The molecule has 0 amide bonds. The normalized spacial score (nSPS) is 6.62. The second-order valence-electron chi connectivity index (χ2n) is 1.15. The van der Waals surface area contributed by atoms with E-state index in [1.54, 1.807) is 0 Å². The van der Waals surface area contributed by atoms with E-state index in [2.05, 4.69) is 0 Å². The third-order valence-corrected chi connectivity index (χ3v) is 3.04. The van der Waals surface area contributed by atoms with Crippen LogP contribution in [0.5, 0.6) is 0 Å². The van der Waals surface area contributed by atoms with Crippen LogP contribution in [0.3, 0.4) is 0 Å². The van der Waals surface area contributed by atoms with Gasteiger partial charge in [-0.1, -0.05) is 0 Å². The molecule has 0 N–H and O–H groups in total. The zero-order chi connectivity index (χ0) is 5.54. The van der Waals surface area contributed by atoms with Gasteiger partial charge in [-0.15, -0.1) is 17.0 Å². The molecule has 0 aliphatic carbocycles. The van der Waals surface area contributed by atoms with Crippen molar-refractivity contribution in [2.24, 2.45) is 0 Å². The molecule has 0 unspecified atom stereocenters. The van der Waals surface area contributed by atoms with Gasteiger partial charge in [0.05, 0.1) is 0 Å². The first kappa shape index (κ1) is 11.5. The van der Waals surface area contributed by atoms with Crippen LogP contribution in [-0.4, -0.2) is 12.9 Å². The van der Waals surface area contributed by atoms with Gasteiger partial charge in [-0.25, -0.2) is 0 Å². The fourth-order valence-corrected chi connectivity index (χ4v) is 1.43. The Bertz CT molecular complexity index is 51.3. The summed E-state index contributed by atoms with van der Waals surface area (Å²) in [7, 11) is 0. The standard InChI is InChI=1S/C2H5O.C2H3O.BrH.Zn/c2*1-2-3;;/h2H2,1H3;2H,1H2;1H;/q-1;;;+1. The molecule has 8 heavy (non-hydrogen) atoms. The number of halogens is 1. The van der Waals surface area contributed by atoms with Crippen LogP contribution in [0.1, 0.15) is 6.92 Å². The van der Waals surface area contributed by atoms with Gasteiger partial charge in [-0.05, 0) is 0 Å². The molecule has 4 heteroatoms. The Balaban J connectivity index is 0. The van der Waals surface area contributed by atoms with E-state index < -0.39 is 17.5 Å². The van der Waals surface area contributed by atoms with Crippen molar-refractivity contribution in [3.05, 3.63) is 0 Å². The van der Waals surface area contributed by atoms with E-state index in [0.717, 1.165) is 12.9 Å². The first-order valence-corrected chi connectivity index (χ1v) is 5.74. The van der Waals surface area contributed by atoms with Crippen molar-refractivity contribution >= 4 is 23.3 Å². The van der Waals surface area contributed by atoms with Crippen LogP contribution < -0.4 is 0 Å². The maximum atomic E-state index is 9.65. The van der Waals surface area contributed by atoms with Gasteiger partial charge in [-0.3, -0.25) is 0 Å². The molecule has 0 aromatic carbocycles. The third kappa shape index (κ3) is 9.88. The van der Waals surface area contributed by atoms with Gasteiger partial charge < -0.3 is 0 Å². The Morgan fingerprint density at radius 1 is 1.75 bits per heavy atom. The second-order valence-corrected chi connectivity index (χ2v) is 4.08. The van der Waals surface area contributed by atoms with E-state index in [-0.39, 0.29) is 17.0 Å². The van der Waals surface area contributed by atoms with E-state index in [9.17, 15) is 4.79 Å². The molecule has 2 nitrogen and oxygen atoms in total. The molecule has 0 saturated carbocycles. The number of aldehydes is 1. The molecule has 0 atom stereocenters. The van der Waals surface area contributed by atoms with Crippen molar-refractivity contribution in [1.29, 1.82) is 0 Å². The van der Waals surface area contributed by atoms with Crippen molar-refractivity contribution in [3.8, 4) is 0 Å². The summed E-state index contributed by atoms with van der Waals surface area (Å²) in [6.07, 6.45) is 0.940. The Kier molecular flexibility index (Phi) is 15.4. The molecule has 0 aromatic heterocycles. The summed E-state index contributed by atoms with van der Waals surface area (Å²) in [5.41, 5.74) is 0. The van der Waals surface area contributed by atoms with E-state index in [1.165, 1.54) is 0 Å². The van der Waals surface area contributed by atoms with E-state index in [0.29, 0.717) is 5.02 Å². The van der Waals surface area contributed by atoms with Gasteiger partial charge in [0.15, 0.2) is 0 Å². The third-order valence-electron chi connectivity index (χ3n) is 0.584. The Morgan fingerprint density at radius 3 is 2.75 bits per heavy atom. The number of rotatable bonds is 4. The first-order chi connectivity index (χ1) is 3.41. The Labute approximate surface area is 67.7 Å². The summed E-state index contributed by atoms with van der Waals surface area (Å²) in [4.78, 5) is 9.65. The van der Waals surface area contributed by atoms with Crippen LogP contribution in [0.2, 0.25) is 5.02 Å². The summed E-state index contributed by atoms with van der Waals surface area (Å²) in [6.45, 7) is 2.74. The fourth-order valence-electron chi connectivity index (χ4n) is 0.276. The minimum absolute atomic E-state index is 0.